The first-order valence-corrected chi connectivity index (χ1v) is 14.2. The molecule has 208 valence electrons. The Labute approximate surface area is 239 Å². The van der Waals surface area contributed by atoms with Crippen molar-refractivity contribution in [1.29, 1.82) is 0 Å². The Balaban J connectivity index is 1.88. The standard InChI is InChI=1S/C32H38BrFN2O3/c1-5-6-18-35-31(38)28(19-23-10-8-7-9-11-23)36(21-24-12-15-26(34)16-13-24)30(37)22-39-29-17-14-25(20-27(29)33)32(2,3)4/h7-17,20,28H,5-6,18-19,21-22H2,1-4H3,(H,35,38)/t28-/m1/s1. The largest absolute Gasteiger partial charge is 0.483 e. The van der Waals surface area contributed by atoms with Gasteiger partial charge >= 0.3 is 0 Å². The molecule has 0 saturated heterocycles. The van der Waals surface area contributed by atoms with Gasteiger partial charge in [-0.3, -0.25) is 9.59 Å². The number of hydrogen-bond donors (Lipinski definition) is 1. The number of nitrogens with zero attached hydrogens (tertiary/aromatic N) is 1. The van der Waals surface area contributed by atoms with Crippen LogP contribution in [0.4, 0.5) is 4.39 Å². The maximum Gasteiger partial charge on any atom is 0.261 e. The Morgan fingerprint density at radius 1 is 1.00 bits per heavy atom. The number of amides is 2. The highest BCUT2D eigenvalue weighted by molar-refractivity contribution is 9.10. The van der Waals surface area contributed by atoms with Gasteiger partial charge in [-0.1, -0.05) is 82.6 Å². The molecule has 7 heteroatoms. The van der Waals surface area contributed by atoms with Crippen LogP contribution in [-0.2, 0) is 28.0 Å². The number of rotatable bonds is 12. The molecule has 0 aromatic heterocycles. The van der Waals surface area contributed by atoms with Crippen LogP contribution in [0, 0.1) is 5.82 Å². The molecular formula is C32H38BrFN2O3. The lowest BCUT2D eigenvalue weighted by Gasteiger charge is -2.31. The van der Waals surface area contributed by atoms with Gasteiger partial charge in [-0.2, -0.15) is 0 Å². The minimum Gasteiger partial charge on any atom is -0.483 e. The van der Waals surface area contributed by atoms with E-state index in [9.17, 15) is 14.0 Å². The lowest BCUT2D eigenvalue weighted by Crippen LogP contribution is -2.51. The maximum absolute atomic E-state index is 13.7. The number of hydrogen-bond acceptors (Lipinski definition) is 3. The quantitative estimate of drug-likeness (QED) is 0.233. The number of carbonyl (C=O) groups excluding carboxylic acids is 2. The third-order valence-electron chi connectivity index (χ3n) is 6.52. The van der Waals surface area contributed by atoms with Crippen molar-refractivity contribution in [3.63, 3.8) is 0 Å². The normalized spacial score (nSPS) is 12.1. The van der Waals surface area contributed by atoms with E-state index in [0.29, 0.717) is 18.7 Å². The molecule has 3 aromatic carbocycles. The van der Waals surface area contributed by atoms with Crippen molar-refractivity contribution in [3.8, 4) is 5.75 Å². The fraction of sp³-hybridized carbons (Fsp3) is 0.375. The molecule has 1 N–H and O–H groups in total. The molecule has 0 radical (unpaired) electrons. The number of halogens is 2. The third-order valence-corrected chi connectivity index (χ3v) is 7.14. The number of nitrogens with one attached hydrogen (secondary N) is 1. The Morgan fingerprint density at radius 3 is 2.31 bits per heavy atom. The average molecular weight is 598 g/mol. The lowest BCUT2D eigenvalue weighted by atomic mass is 9.87. The molecular weight excluding hydrogens is 559 g/mol. The van der Waals surface area contributed by atoms with E-state index in [1.165, 1.54) is 12.1 Å². The molecule has 5 nitrogen and oxygen atoms in total. The van der Waals surface area contributed by atoms with Crippen molar-refractivity contribution in [1.82, 2.24) is 10.2 Å². The van der Waals surface area contributed by atoms with Crippen molar-refractivity contribution in [2.24, 2.45) is 0 Å². The van der Waals surface area contributed by atoms with Gasteiger partial charge < -0.3 is 15.0 Å². The molecule has 0 bridgehead atoms. The summed E-state index contributed by atoms with van der Waals surface area (Å²) in [5, 5.41) is 3.00. The molecule has 39 heavy (non-hydrogen) atoms. The van der Waals surface area contributed by atoms with Crippen LogP contribution in [0.1, 0.15) is 57.2 Å². The lowest BCUT2D eigenvalue weighted by molar-refractivity contribution is -0.142. The summed E-state index contributed by atoms with van der Waals surface area (Å²) < 4.78 is 20.3. The summed E-state index contributed by atoms with van der Waals surface area (Å²) in [5.41, 5.74) is 2.77. The van der Waals surface area contributed by atoms with Gasteiger partial charge in [0.1, 0.15) is 17.6 Å². The van der Waals surface area contributed by atoms with Crippen LogP contribution >= 0.6 is 15.9 Å². The molecule has 3 rings (SSSR count). The monoisotopic (exact) mass is 596 g/mol. The van der Waals surface area contributed by atoms with E-state index < -0.39 is 6.04 Å². The number of carbonyl (C=O) groups is 2. The van der Waals surface area contributed by atoms with E-state index in [1.807, 2.05) is 48.5 Å². The molecule has 0 spiro atoms. The molecule has 0 fully saturated rings. The highest BCUT2D eigenvalue weighted by Gasteiger charge is 2.30. The van der Waals surface area contributed by atoms with E-state index in [2.05, 4.69) is 48.9 Å². The zero-order valence-electron chi connectivity index (χ0n) is 23.2. The van der Waals surface area contributed by atoms with Gasteiger partial charge in [0.05, 0.1) is 4.47 Å². The van der Waals surface area contributed by atoms with Gasteiger partial charge in [-0.05, 0) is 68.7 Å². The second kappa shape index (κ2) is 14.3. The highest BCUT2D eigenvalue weighted by atomic mass is 79.9. The van der Waals surface area contributed by atoms with Gasteiger partial charge in [0.2, 0.25) is 5.91 Å². The zero-order chi connectivity index (χ0) is 28.4. The fourth-order valence-electron chi connectivity index (χ4n) is 4.15. The smallest absolute Gasteiger partial charge is 0.261 e. The van der Waals surface area contributed by atoms with Crippen molar-refractivity contribution in [2.45, 2.75) is 65.0 Å². The first-order chi connectivity index (χ1) is 18.6. The van der Waals surface area contributed by atoms with E-state index >= 15 is 0 Å². The van der Waals surface area contributed by atoms with Gasteiger partial charge in [0.25, 0.3) is 5.91 Å². The summed E-state index contributed by atoms with van der Waals surface area (Å²) in [6.07, 6.45) is 2.13. The van der Waals surface area contributed by atoms with Gasteiger partial charge in [0, 0.05) is 19.5 Å². The van der Waals surface area contributed by atoms with Crippen LogP contribution in [0.25, 0.3) is 0 Å². The fourth-order valence-corrected chi connectivity index (χ4v) is 4.65. The number of benzene rings is 3. The van der Waals surface area contributed by atoms with Crippen LogP contribution in [0.15, 0.2) is 77.3 Å². The third kappa shape index (κ3) is 9.20. The number of unbranched alkanes of at least 4 members (excludes halogenated alkanes) is 1. The minimum atomic E-state index is -0.767. The van der Waals surface area contributed by atoms with Crippen molar-refractivity contribution in [2.75, 3.05) is 13.2 Å². The Morgan fingerprint density at radius 2 is 1.69 bits per heavy atom. The molecule has 0 heterocycles. The summed E-state index contributed by atoms with van der Waals surface area (Å²) in [5.74, 6) is -0.372. The highest BCUT2D eigenvalue weighted by Crippen LogP contribution is 2.31. The molecule has 0 aliphatic heterocycles. The summed E-state index contributed by atoms with van der Waals surface area (Å²) in [4.78, 5) is 28.7. The molecule has 0 unspecified atom stereocenters. The van der Waals surface area contributed by atoms with Gasteiger partial charge in [0.15, 0.2) is 6.61 Å². The summed E-state index contributed by atoms with van der Waals surface area (Å²) in [6, 6.07) is 20.7. The molecule has 0 aliphatic rings. The minimum absolute atomic E-state index is 0.0291. The second-order valence-electron chi connectivity index (χ2n) is 10.7. The molecule has 0 saturated carbocycles. The van der Waals surface area contributed by atoms with Crippen molar-refractivity contribution < 1.29 is 18.7 Å². The predicted octanol–water partition coefficient (Wildman–Crippen LogP) is 6.82. The Hall–Kier alpha value is -3.19. The SMILES string of the molecule is CCCCNC(=O)[C@@H](Cc1ccccc1)N(Cc1ccc(F)cc1)C(=O)COc1ccc(C(C)(C)C)cc1Br. The van der Waals surface area contributed by atoms with Crippen LogP contribution in [-0.4, -0.2) is 35.9 Å². The Bertz CT molecular complexity index is 1230. The maximum atomic E-state index is 13.7. The van der Waals surface area contributed by atoms with E-state index in [0.717, 1.165) is 34.0 Å². The van der Waals surface area contributed by atoms with E-state index in [4.69, 9.17) is 4.74 Å². The summed E-state index contributed by atoms with van der Waals surface area (Å²) >= 11 is 3.57. The van der Waals surface area contributed by atoms with Crippen LogP contribution in [0.5, 0.6) is 5.75 Å². The van der Waals surface area contributed by atoms with E-state index in [1.54, 1.807) is 17.0 Å². The van der Waals surface area contributed by atoms with Crippen LogP contribution in [0.2, 0.25) is 0 Å². The summed E-state index contributed by atoms with van der Waals surface area (Å²) in [6.45, 7) is 8.87. The van der Waals surface area contributed by atoms with Crippen molar-refractivity contribution >= 4 is 27.7 Å². The van der Waals surface area contributed by atoms with E-state index in [-0.39, 0.29) is 36.2 Å². The summed E-state index contributed by atoms with van der Waals surface area (Å²) in [7, 11) is 0. The van der Waals surface area contributed by atoms with Crippen LogP contribution < -0.4 is 10.1 Å². The average Bonchev–Trinajstić information content (AvgIpc) is 2.91. The molecule has 1 atom stereocenters. The topological polar surface area (TPSA) is 58.6 Å². The first kappa shape index (κ1) is 30.4. The van der Waals surface area contributed by atoms with Crippen LogP contribution in [0.3, 0.4) is 0 Å². The molecule has 0 aliphatic carbocycles. The van der Waals surface area contributed by atoms with Crippen molar-refractivity contribution in [3.05, 3.63) is 99.8 Å². The van der Waals surface area contributed by atoms with Gasteiger partial charge in [-0.15, -0.1) is 0 Å². The zero-order valence-corrected chi connectivity index (χ0v) is 24.8. The second-order valence-corrected chi connectivity index (χ2v) is 11.5. The molecule has 2 amide bonds. The predicted molar refractivity (Wildman–Crippen MR) is 157 cm³/mol. The first-order valence-electron chi connectivity index (χ1n) is 13.4. The Kier molecular flexibility index (Phi) is 11.1. The molecule has 3 aromatic rings. The number of ether oxygens (including phenoxy) is 1. The van der Waals surface area contributed by atoms with Gasteiger partial charge in [-0.25, -0.2) is 4.39 Å².